The summed E-state index contributed by atoms with van der Waals surface area (Å²) >= 11 is 0. The van der Waals surface area contributed by atoms with Crippen molar-refractivity contribution in [2.24, 2.45) is 0 Å². The third kappa shape index (κ3) is 6.54. The van der Waals surface area contributed by atoms with Crippen molar-refractivity contribution >= 4 is 50.1 Å². The van der Waals surface area contributed by atoms with Gasteiger partial charge in [0.15, 0.2) is 23.3 Å². The SMILES string of the molecule is CC(C)(C)c1ccc2c(c1)-c1nc-2nc2[nH]c(nc3nc(nc4[nH]c(n1)c1ccc(C(C)(C)C)cc41)-c1ccc(C(C)(C)C)cc1-3)c1cc(-c3ccc(C(=O)O)cc3)ccc21. The van der Waals surface area contributed by atoms with E-state index in [1.165, 1.54) is 5.56 Å². The fourth-order valence-corrected chi connectivity index (χ4v) is 8.18. The highest BCUT2D eigenvalue weighted by molar-refractivity contribution is 6.07. The van der Waals surface area contributed by atoms with Gasteiger partial charge in [0.1, 0.15) is 22.6 Å². The molecule has 0 radical (unpaired) electrons. The van der Waals surface area contributed by atoms with Gasteiger partial charge in [-0.2, -0.15) is 0 Å². The van der Waals surface area contributed by atoms with Crippen LogP contribution < -0.4 is 0 Å². The highest BCUT2D eigenvalue weighted by atomic mass is 16.4. The van der Waals surface area contributed by atoms with Crippen LogP contribution in [0, 0.1) is 0 Å². The third-order valence-electron chi connectivity index (χ3n) is 11.9. The Labute approximate surface area is 353 Å². The van der Waals surface area contributed by atoms with E-state index in [0.717, 1.165) is 66.1 Å². The molecule has 0 atom stereocenters. The average Bonchev–Trinajstić information content (AvgIpc) is 3.94. The first-order valence-electron chi connectivity index (χ1n) is 20.6. The Morgan fingerprint density at radius 3 is 1.25 bits per heavy atom. The Kier molecular flexibility index (Phi) is 8.27. The molecule has 3 aromatic heterocycles. The maximum Gasteiger partial charge on any atom is 0.335 e. The maximum absolute atomic E-state index is 11.7. The van der Waals surface area contributed by atoms with Crippen LogP contribution in [-0.2, 0) is 16.2 Å². The molecule has 10 heteroatoms. The van der Waals surface area contributed by atoms with Gasteiger partial charge in [-0.3, -0.25) is 0 Å². The van der Waals surface area contributed by atoms with E-state index < -0.39 is 5.97 Å². The van der Waals surface area contributed by atoms with Crippen molar-refractivity contribution in [3.8, 4) is 56.7 Å². The molecular weight excluding hydrogens is 757 g/mol. The molecule has 0 unspecified atom stereocenters. The summed E-state index contributed by atoms with van der Waals surface area (Å²) in [4.78, 5) is 50.4. The van der Waals surface area contributed by atoms with Crippen LogP contribution in [0.1, 0.15) is 89.4 Å². The Morgan fingerprint density at radius 2 is 0.787 bits per heavy atom. The van der Waals surface area contributed by atoms with E-state index in [0.29, 0.717) is 45.9 Å². The molecule has 3 N–H and O–H groups in total. The van der Waals surface area contributed by atoms with Crippen LogP contribution in [-0.4, -0.2) is 50.9 Å². The number of carbonyl (C=O) groups is 1. The second kappa shape index (κ2) is 13.2. The Bertz CT molecular complexity index is 3340. The molecule has 0 saturated heterocycles. The summed E-state index contributed by atoms with van der Waals surface area (Å²) in [5.41, 5.74) is 11.2. The molecule has 0 spiro atoms. The average molecular weight is 803 g/mol. The number of carboxylic acids is 1. The van der Waals surface area contributed by atoms with Crippen LogP contribution in [0.25, 0.3) is 101 Å². The van der Waals surface area contributed by atoms with Gasteiger partial charge in [-0.05, 0) is 86.5 Å². The van der Waals surface area contributed by atoms with Crippen LogP contribution in [0.3, 0.4) is 0 Å². The number of rotatable bonds is 2. The van der Waals surface area contributed by atoms with Crippen molar-refractivity contribution in [2.45, 2.75) is 78.6 Å². The second-order valence-corrected chi connectivity index (χ2v) is 19.3. The van der Waals surface area contributed by atoms with Crippen molar-refractivity contribution in [3.63, 3.8) is 0 Å². The third-order valence-corrected chi connectivity index (χ3v) is 11.9. The molecule has 8 bridgehead atoms. The van der Waals surface area contributed by atoms with Gasteiger partial charge in [0.05, 0.1) is 5.56 Å². The number of aromatic nitrogens is 8. The molecule has 2 aliphatic rings. The van der Waals surface area contributed by atoms with Crippen molar-refractivity contribution in [1.82, 2.24) is 39.9 Å². The van der Waals surface area contributed by atoms with E-state index in [1.54, 1.807) is 12.1 Å². The molecule has 8 aromatic rings. The molecule has 0 saturated carbocycles. The van der Waals surface area contributed by atoms with Gasteiger partial charge in [0.25, 0.3) is 0 Å². The number of nitrogens with one attached hydrogen (secondary N) is 2. The minimum absolute atomic E-state index is 0.0988. The van der Waals surface area contributed by atoms with E-state index in [1.807, 2.05) is 24.3 Å². The lowest BCUT2D eigenvalue weighted by Gasteiger charge is -2.19. The van der Waals surface area contributed by atoms with Gasteiger partial charge in [0, 0.05) is 43.8 Å². The minimum atomic E-state index is -0.968. The lowest BCUT2D eigenvalue weighted by Crippen LogP contribution is -2.10. The Morgan fingerprint density at radius 1 is 0.410 bits per heavy atom. The van der Waals surface area contributed by atoms with E-state index >= 15 is 0 Å². The molecule has 0 fully saturated rings. The van der Waals surface area contributed by atoms with Crippen LogP contribution in [0.15, 0.2) is 97.1 Å². The molecule has 10 rings (SSSR count). The molecule has 10 nitrogen and oxygen atoms in total. The van der Waals surface area contributed by atoms with Gasteiger partial charge in [0.2, 0.25) is 0 Å². The quantitative estimate of drug-likeness (QED) is 0.157. The molecule has 0 amide bonds. The van der Waals surface area contributed by atoms with Crippen molar-refractivity contribution in [3.05, 3.63) is 119 Å². The summed E-state index contributed by atoms with van der Waals surface area (Å²) in [5.74, 6) is 1.20. The zero-order valence-corrected chi connectivity index (χ0v) is 35.8. The normalized spacial score (nSPS) is 12.8. The van der Waals surface area contributed by atoms with E-state index in [-0.39, 0.29) is 21.8 Å². The van der Waals surface area contributed by atoms with E-state index in [9.17, 15) is 9.90 Å². The summed E-state index contributed by atoms with van der Waals surface area (Å²) in [7, 11) is 0. The molecule has 5 aromatic carbocycles. The summed E-state index contributed by atoms with van der Waals surface area (Å²) in [6.07, 6.45) is 0. The van der Waals surface area contributed by atoms with E-state index in [4.69, 9.17) is 29.9 Å². The zero-order valence-electron chi connectivity index (χ0n) is 35.8. The van der Waals surface area contributed by atoms with Crippen molar-refractivity contribution < 1.29 is 9.90 Å². The van der Waals surface area contributed by atoms with Gasteiger partial charge < -0.3 is 15.1 Å². The Balaban J connectivity index is 1.35. The number of nitrogens with zero attached hydrogens (tertiary/aromatic N) is 6. The monoisotopic (exact) mass is 802 g/mol. The number of H-pyrrole nitrogens is 2. The number of hydrogen-bond acceptors (Lipinski definition) is 7. The molecular formula is C51H46N8O2. The van der Waals surface area contributed by atoms with E-state index in [2.05, 4.69) is 133 Å². The predicted molar refractivity (Wildman–Crippen MR) is 245 cm³/mol. The molecule has 0 aliphatic carbocycles. The zero-order chi connectivity index (χ0) is 42.7. The second-order valence-electron chi connectivity index (χ2n) is 19.3. The van der Waals surface area contributed by atoms with Crippen LogP contribution in [0.5, 0.6) is 0 Å². The standard InChI is InChI=1S/C51H46N8O2/c1-49(2,3)29-15-19-33-37(23-29)45-54-41(33)52-40-32-18-14-28(26-10-12-27(13-11-26)48(60)61)22-36(32)44(53-40)59-47-39-25-31(51(7,8)9)17-21-35(39)43(58-47)57-46-38-24-30(50(4,5)6)16-20-34(38)42(55-45)56-46/h10-25H,1-9H3,(H,60,61)(H2,52,53,54,55,56,57,58,59). The fraction of sp³-hybridized carbons (Fsp3) is 0.235. The summed E-state index contributed by atoms with van der Waals surface area (Å²) in [6.45, 7) is 19.8. The minimum Gasteiger partial charge on any atom is -0.478 e. The van der Waals surface area contributed by atoms with Gasteiger partial charge in [-0.1, -0.05) is 117 Å². The number of aromatic carboxylic acids is 1. The number of benzene rings is 5. The number of aromatic amines is 2. The maximum atomic E-state index is 11.7. The van der Waals surface area contributed by atoms with Crippen molar-refractivity contribution in [2.75, 3.05) is 0 Å². The largest absolute Gasteiger partial charge is 0.478 e. The Hall–Kier alpha value is -7.07. The highest BCUT2D eigenvalue weighted by Gasteiger charge is 2.26. The topological polar surface area (TPSA) is 146 Å². The lowest BCUT2D eigenvalue weighted by molar-refractivity contribution is 0.0697. The van der Waals surface area contributed by atoms with Gasteiger partial charge in [-0.15, -0.1) is 0 Å². The summed E-state index contributed by atoms with van der Waals surface area (Å²) in [5, 5.41) is 13.1. The number of fused-ring (bicyclic) bond motifs is 20. The summed E-state index contributed by atoms with van der Waals surface area (Å²) in [6, 6.07) is 32.4. The van der Waals surface area contributed by atoms with Gasteiger partial charge in [-0.25, -0.2) is 34.7 Å². The molecule has 61 heavy (non-hydrogen) atoms. The summed E-state index contributed by atoms with van der Waals surface area (Å²) < 4.78 is 0. The fourth-order valence-electron chi connectivity index (χ4n) is 8.18. The smallest absolute Gasteiger partial charge is 0.335 e. The number of carboxylic acid groups (broad SMARTS) is 1. The molecule has 5 heterocycles. The predicted octanol–water partition coefficient (Wildman–Crippen LogP) is 12.1. The highest BCUT2D eigenvalue weighted by Crippen LogP contribution is 2.41. The van der Waals surface area contributed by atoms with Gasteiger partial charge >= 0.3 is 5.97 Å². The van der Waals surface area contributed by atoms with Crippen LogP contribution in [0.2, 0.25) is 0 Å². The first-order valence-corrected chi connectivity index (χ1v) is 20.6. The molecule has 2 aliphatic heterocycles. The molecule has 302 valence electrons. The van der Waals surface area contributed by atoms with Crippen molar-refractivity contribution in [1.29, 1.82) is 0 Å². The first-order chi connectivity index (χ1) is 28.9. The van der Waals surface area contributed by atoms with Crippen LogP contribution >= 0.6 is 0 Å². The number of hydrogen-bond donors (Lipinski definition) is 3. The van der Waals surface area contributed by atoms with Crippen LogP contribution in [0.4, 0.5) is 0 Å². The lowest BCUT2D eigenvalue weighted by atomic mass is 9.85. The first kappa shape index (κ1) is 38.2.